The van der Waals surface area contributed by atoms with E-state index in [1.165, 1.54) is 13.0 Å². The third-order valence-electron chi connectivity index (χ3n) is 3.91. The summed E-state index contributed by atoms with van der Waals surface area (Å²) in [5.74, 6) is 2.21. The molecule has 0 aliphatic carbocycles. The molecule has 0 N–H and O–H groups in total. The van der Waals surface area contributed by atoms with Crippen molar-refractivity contribution in [1.29, 1.82) is 0 Å². The van der Waals surface area contributed by atoms with E-state index in [2.05, 4.69) is 46.9 Å². The Morgan fingerprint density at radius 3 is 2.68 bits per heavy atom. The number of aromatic nitrogens is 2. The molecule has 108 valence electrons. The van der Waals surface area contributed by atoms with E-state index >= 15 is 0 Å². The van der Waals surface area contributed by atoms with Gasteiger partial charge in [0.15, 0.2) is 0 Å². The maximum absolute atomic E-state index is 4.67. The van der Waals surface area contributed by atoms with Gasteiger partial charge >= 0.3 is 0 Å². The Balaban J connectivity index is 1.90. The zero-order chi connectivity index (χ0) is 13.8. The normalized spacial score (nSPS) is 19.9. The molecule has 0 saturated carbocycles. The van der Waals surface area contributed by atoms with E-state index in [1.807, 2.05) is 0 Å². The first-order valence-electron chi connectivity index (χ1n) is 7.44. The van der Waals surface area contributed by atoms with Gasteiger partial charge in [-0.1, -0.05) is 27.7 Å². The van der Waals surface area contributed by atoms with Gasteiger partial charge in [0.2, 0.25) is 5.13 Å². The SMILES string of the molecule is CCN(CC)CC1CCN(c2nc(C(C)C)ns2)C1. The number of hydrogen-bond donors (Lipinski definition) is 0. The number of nitrogens with zero attached hydrogens (tertiary/aromatic N) is 4. The Morgan fingerprint density at radius 1 is 1.37 bits per heavy atom. The molecule has 1 saturated heterocycles. The third kappa shape index (κ3) is 3.66. The third-order valence-corrected chi connectivity index (χ3v) is 4.71. The van der Waals surface area contributed by atoms with Crippen molar-refractivity contribution in [3.8, 4) is 0 Å². The van der Waals surface area contributed by atoms with E-state index in [4.69, 9.17) is 0 Å². The molecule has 1 unspecified atom stereocenters. The molecule has 0 amide bonds. The van der Waals surface area contributed by atoms with Gasteiger partial charge in [0.05, 0.1) is 0 Å². The second kappa shape index (κ2) is 6.66. The summed E-state index contributed by atoms with van der Waals surface area (Å²) in [6, 6.07) is 0. The molecule has 1 atom stereocenters. The molecule has 0 aromatic carbocycles. The van der Waals surface area contributed by atoms with Gasteiger partial charge in [-0.3, -0.25) is 0 Å². The van der Waals surface area contributed by atoms with Gasteiger partial charge in [0.1, 0.15) is 5.82 Å². The van der Waals surface area contributed by atoms with Gasteiger partial charge in [-0.25, -0.2) is 4.98 Å². The smallest absolute Gasteiger partial charge is 0.205 e. The van der Waals surface area contributed by atoms with Crippen molar-refractivity contribution in [2.75, 3.05) is 37.6 Å². The molecule has 1 aromatic rings. The first-order chi connectivity index (χ1) is 9.13. The van der Waals surface area contributed by atoms with Crippen LogP contribution >= 0.6 is 11.5 Å². The standard InChI is InChI=1S/C14H26N4S/c1-5-17(6-2)9-12-7-8-18(10-12)14-15-13(11(3)4)16-19-14/h11-12H,5-10H2,1-4H3. The van der Waals surface area contributed by atoms with E-state index in [-0.39, 0.29) is 0 Å². The van der Waals surface area contributed by atoms with Crippen molar-refractivity contribution < 1.29 is 0 Å². The van der Waals surface area contributed by atoms with Gasteiger partial charge in [-0.05, 0) is 25.4 Å². The highest BCUT2D eigenvalue weighted by atomic mass is 32.1. The molecule has 1 aromatic heterocycles. The number of rotatable bonds is 6. The van der Waals surface area contributed by atoms with Crippen LogP contribution in [0, 0.1) is 5.92 Å². The van der Waals surface area contributed by atoms with Crippen LogP contribution in [0.15, 0.2) is 0 Å². The summed E-state index contributed by atoms with van der Waals surface area (Å²) < 4.78 is 4.46. The number of anilines is 1. The molecule has 4 nitrogen and oxygen atoms in total. The van der Waals surface area contributed by atoms with Crippen molar-refractivity contribution in [2.45, 2.75) is 40.0 Å². The van der Waals surface area contributed by atoms with Crippen LogP contribution in [-0.2, 0) is 0 Å². The first-order valence-corrected chi connectivity index (χ1v) is 8.22. The molecule has 0 bridgehead atoms. The van der Waals surface area contributed by atoms with E-state index in [0.717, 1.165) is 43.1 Å². The highest BCUT2D eigenvalue weighted by Gasteiger charge is 2.26. The Bertz CT molecular complexity index is 387. The summed E-state index contributed by atoms with van der Waals surface area (Å²) in [5, 5.41) is 1.12. The maximum atomic E-state index is 4.67. The largest absolute Gasteiger partial charge is 0.347 e. The lowest BCUT2D eigenvalue weighted by Gasteiger charge is -2.22. The molecule has 5 heteroatoms. The minimum absolute atomic E-state index is 0.430. The Labute approximate surface area is 121 Å². The van der Waals surface area contributed by atoms with Gasteiger partial charge < -0.3 is 9.80 Å². The van der Waals surface area contributed by atoms with Crippen molar-refractivity contribution in [3.63, 3.8) is 0 Å². The van der Waals surface area contributed by atoms with Crippen molar-refractivity contribution >= 4 is 16.7 Å². The molecule has 19 heavy (non-hydrogen) atoms. The summed E-state index contributed by atoms with van der Waals surface area (Å²) in [4.78, 5) is 9.60. The van der Waals surface area contributed by atoms with E-state index in [0.29, 0.717) is 5.92 Å². The van der Waals surface area contributed by atoms with Gasteiger partial charge in [-0.2, -0.15) is 4.37 Å². The molecule has 1 aliphatic rings. The van der Waals surface area contributed by atoms with Crippen LogP contribution in [0.25, 0.3) is 0 Å². The fraction of sp³-hybridized carbons (Fsp3) is 0.857. The molecule has 1 fully saturated rings. The average Bonchev–Trinajstić information content (AvgIpc) is 3.04. The predicted molar refractivity (Wildman–Crippen MR) is 82.1 cm³/mol. The highest BCUT2D eigenvalue weighted by Crippen LogP contribution is 2.27. The molecule has 0 radical (unpaired) electrons. The predicted octanol–water partition coefficient (Wildman–Crippen LogP) is 2.83. The van der Waals surface area contributed by atoms with E-state index in [9.17, 15) is 0 Å². The molecular weight excluding hydrogens is 256 g/mol. The summed E-state index contributed by atoms with van der Waals surface area (Å²) in [7, 11) is 0. The zero-order valence-electron chi connectivity index (χ0n) is 12.6. The van der Waals surface area contributed by atoms with Crippen LogP contribution in [0.1, 0.15) is 45.9 Å². The lowest BCUT2D eigenvalue weighted by atomic mass is 10.1. The lowest BCUT2D eigenvalue weighted by molar-refractivity contribution is 0.261. The fourth-order valence-electron chi connectivity index (χ4n) is 2.59. The van der Waals surface area contributed by atoms with Gasteiger partial charge in [-0.15, -0.1) is 0 Å². The van der Waals surface area contributed by atoms with E-state index in [1.54, 1.807) is 11.5 Å². The maximum Gasteiger partial charge on any atom is 0.205 e. The Kier molecular flexibility index (Phi) is 5.16. The lowest BCUT2D eigenvalue weighted by Crippen LogP contribution is -2.31. The van der Waals surface area contributed by atoms with Gasteiger partial charge in [0, 0.05) is 37.1 Å². The Hall–Kier alpha value is -0.680. The van der Waals surface area contributed by atoms with Crippen LogP contribution in [-0.4, -0.2) is 47.0 Å². The molecular formula is C14H26N4S. The zero-order valence-corrected chi connectivity index (χ0v) is 13.4. The summed E-state index contributed by atoms with van der Waals surface area (Å²) >= 11 is 1.56. The molecule has 1 aliphatic heterocycles. The van der Waals surface area contributed by atoms with E-state index < -0.39 is 0 Å². The Morgan fingerprint density at radius 2 is 2.11 bits per heavy atom. The molecule has 0 spiro atoms. The summed E-state index contributed by atoms with van der Waals surface area (Å²) in [6.07, 6.45) is 1.28. The van der Waals surface area contributed by atoms with Crippen LogP contribution in [0.3, 0.4) is 0 Å². The first kappa shape index (κ1) is 14.7. The molecule has 2 rings (SSSR count). The van der Waals surface area contributed by atoms with Crippen LogP contribution in [0.4, 0.5) is 5.13 Å². The quantitative estimate of drug-likeness (QED) is 0.803. The highest BCUT2D eigenvalue weighted by molar-refractivity contribution is 7.09. The minimum Gasteiger partial charge on any atom is -0.347 e. The number of hydrogen-bond acceptors (Lipinski definition) is 5. The summed E-state index contributed by atoms with van der Waals surface area (Å²) in [6.45, 7) is 14.6. The van der Waals surface area contributed by atoms with Crippen LogP contribution in [0.5, 0.6) is 0 Å². The van der Waals surface area contributed by atoms with Crippen molar-refractivity contribution in [1.82, 2.24) is 14.3 Å². The second-order valence-corrected chi connectivity index (χ2v) is 6.41. The van der Waals surface area contributed by atoms with Gasteiger partial charge in [0.25, 0.3) is 0 Å². The summed E-state index contributed by atoms with van der Waals surface area (Å²) in [5.41, 5.74) is 0. The average molecular weight is 282 g/mol. The minimum atomic E-state index is 0.430. The van der Waals surface area contributed by atoms with Crippen LogP contribution < -0.4 is 4.90 Å². The monoisotopic (exact) mass is 282 g/mol. The van der Waals surface area contributed by atoms with Crippen molar-refractivity contribution in [2.24, 2.45) is 5.92 Å². The second-order valence-electron chi connectivity index (χ2n) is 5.68. The van der Waals surface area contributed by atoms with Crippen LogP contribution in [0.2, 0.25) is 0 Å². The topological polar surface area (TPSA) is 32.3 Å². The molecule has 2 heterocycles. The fourth-order valence-corrected chi connectivity index (χ4v) is 3.43. The van der Waals surface area contributed by atoms with Crippen molar-refractivity contribution in [3.05, 3.63) is 5.82 Å².